The molecule has 0 bridgehead atoms. The SMILES string of the molecule is COc1cc(OC)c(OC)cc1/C=C/C(=O)OCc1nnc(-c2cc(C)oc2C)o1. The average molecular weight is 414 g/mol. The van der Waals surface area contributed by atoms with Gasteiger partial charge in [-0.25, -0.2) is 4.79 Å². The van der Waals surface area contributed by atoms with Gasteiger partial charge in [-0.1, -0.05) is 0 Å². The van der Waals surface area contributed by atoms with E-state index in [1.165, 1.54) is 27.4 Å². The number of rotatable bonds is 8. The highest BCUT2D eigenvalue weighted by Crippen LogP contribution is 2.35. The zero-order valence-electron chi connectivity index (χ0n) is 17.3. The molecule has 0 atom stereocenters. The molecule has 2 aromatic heterocycles. The molecular formula is C21H22N2O7. The second-order valence-electron chi connectivity index (χ2n) is 6.22. The van der Waals surface area contributed by atoms with Gasteiger partial charge in [-0.05, 0) is 32.1 Å². The maximum absolute atomic E-state index is 12.1. The van der Waals surface area contributed by atoms with Crippen LogP contribution >= 0.6 is 0 Å². The summed E-state index contributed by atoms with van der Waals surface area (Å²) in [6.07, 6.45) is 2.82. The summed E-state index contributed by atoms with van der Waals surface area (Å²) in [6, 6.07) is 5.17. The van der Waals surface area contributed by atoms with Crippen LogP contribution in [0.2, 0.25) is 0 Å². The number of esters is 1. The lowest BCUT2D eigenvalue weighted by atomic mass is 10.1. The van der Waals surface area contributed by atoms with Gasteiger partial charge in [0.05, 0.1) is 26.9 Å². The molecule has 9 heteroatoms. The van der Waals surface area contributed by atoms with E-state index in [-0.39, 0.29) is 12.5 Å². The molecule has 0 saturated carbocycles. The quantitative estimate of drug-likeness (QED) is 0.402. The van der Waals surface area contributed by atoms with Crippen molar-refractivity contribution in [1.29, 1.82) is 0 Å². The van der Waals surface area contributed by atoms with Gasteiger partial charge in [-0.3, -0.25) is 0 Å². The first-order valence-corrected chi connectivity index (χ1v) is 8.99. The molecule has 158 valence electrons. The van der Waals surface area contributed by atoms with E-state index < -0.39 is 5.97 Å². The van der Waals surface area contributed by atoms with Gasteiger partial charge in [-0.15, -0.1) is 10.2 Å². The highest BCUT2D eigenvalue weighted by molar-refractivity contribution is 5.87. The third kappa shape index (κ3) is 4.62. The van der Waals surface area contributed by atoms with E-state index in [4.69, 9.17) is 27.8 Å². The lowest BCUT2D eigenvalue weighted by Gasteiger charge is -2.12. The van der Waals surface area contributed by atoms with Crippen molar-refractivity contribution in [3.05, 3.63) is 47.2 Å². The number of benzene rings is 1. The van der Waals surface area contributed by atoms with Crippen molar-refractivity contribution in [2.45, 2.75) is 20.5 Å². The van der Waals surface area contributed by atoms with Gasteiger partial charge in [0.15, 0.2) is 18.1 Å². The van der Waals surface area contributed by atoms with Crippen LogP contribution < -0.4 is 14.2 Å². The van der Waals surface area contributed by atoms with Crippen molar-refractivity contribution in [2.24, 2.45) is 0 Å². The molecule has 0 amide bonds. The fraction of sp³-hybridized carbons (Fsp3) is 0.286. The third-order valence-corrected chi connectivity index (χ3v) is 4.21. The first-order chi connectivity index (χ1) is 14.4. The molecule has 0 aliphatic carbocycles. The summed E-state index contributed by atoms with van der Waals surface area (Å²) in [6.45, 7) is 3.48. The van der Waals surface area contributed by atoms with Crippen molar-refractivity contribution < 1.29 is 32.6 Å². The van der Waals surface area contributed by atoms with Gasteiger partial charge in [0.1, 0.15) is 17.3 Å². The maximum Gasteiger partial charge on any atom is 0.331 e. The van der Waals surface area contributed by atoms with Crippen LogP contribution in [0.5, 0.6) is 17.2 Å². The lowest BCUT2D eigenvalue weighted by molar-refractivity contribution is -0.139. The Morgan fingerprint density at radius 3 is 2.30 bits per heavy atom. The zero-order chi connectivity index (χ0) is 21.7. The molecule has 0 aliphatic heterocycles. The number of hydrogen-bond acceptors (Lipinski definition) is 9. The van der Waals surface area contributed by atoms with E-state index >= 15 is 0 Å². The number of ether oxygens (including phenoxy) is 4. The summed E-state index contributed by atoms with van der Waals surface area (Å²) in [5.74, 6) is 2.86. The van der Waals surface area contributed by atoms with E-state index in [1.807, 2.05) is 6.92 Å². The number of nitrogens with zero attached hydrogens (tertiary/aromatic N) is 2. The molecule has 3 rings (SSSR count). The molecule has 2 heterocycles. The number of aromatic nitrogens is 2. The standard InChI is InChI=1S/C21H22N2O7/c1-12-8-15(13(2)29-12)21-23-22-19(30-21)11-28-20(24)7-6-14-9-17(26-4)18(27-5)10-16(14)25-3/h6-10H,11H2,1-5H3/b7-6+. The lowest BCUT2D eigenvalue weighted by Crippen LogP contribution is -2.01. The fourth-order valence-corrected chi connectivity index (χ4v) is 2.79. The van der Waals surface area contributed by atoms with Crippen LogP contribution in [-0.2, 0) is 16.1 Å². The summed E-state index contributed by atoms with van der Waals surface area (Å²) in [7, 11) is 4.58. The summed E-state index contributed by atoms with van der Waals surface area (Å²) >= 11 is 0. The smallest absolute Gasteiger partial charge is 0.331 e. The summed E-state index contributed by atoms with van der Waals surface area (Å²) in [5, 5.41) is 7.85. The van der Waals surface area contributed by atoms with Gasteiger partial charge in [0.25, 0.3) is 11.8 Å². The van der Waals surface area contributed by atoms with Crippen LogP contribution in [-0.4, -0.2) is 37.5 Å². The Morgan fingerprint density at radius 2 is 1.67 bits per heavy atom. The van der Waals surface area contributed by atoms with Crippen molar-refractivity contribution in [1.82, 2.24) is 10.2 Å². The van der Waals surface area contributed by atoms with Crippen LogP contribution in [0.15, 0.2) is 33.1 Å². The molecule has 0 fully saturated rings. The molecule has 0 spiro atoms. The molecule has 3 aromatic rings. The molecular weight excluding hydrogens is 392 g/mol. The van der Waals surface area contributed by atoms with E-state index in [9.17, 15) is 4.79 Å². The van der Waals surface area contributed by atoms with Crippen molar-refractivity contribution in [2.75, 3.05) is 21.3 Å². The highest BCUT2D eigenvalue weighted by Gasteiger charge is 2.15. The topological polar surface area (TPSA) is 106 Å². The summed E-state index contributed by atoms with van der Waals surface area (Å²) < 4.78 is 32.0. The van der Waals surface area contributed by atoms with Gasteiger partial charge in [0.2, 0.25) is 0 Å². The van der Waals surface area contributed by atoms with Gasteiger partial charge < -0.3 is 27.8 Å². The predicted octanol–water partition coefficient (Wildman–Crippen LogP) is 3.73. The van der Waals surface area contributed by atoms with Crippen LogP contribution in [0.4, 0.5) is 0 Å². The van der Waals surface area contributed by atoms with Gasteiger partial charge in [0, 0.05) is 17.7 Å². The molecule has 0 saturated heterocycles. The largest absolute Gasteiger partial charge is 0.496 e. The Kier molecular flexibility index (Phi) is 6.41. The second-order valence-corrected chi connectivity index (χ2v) is 6.22. The minimum Gasteiger partial charge on any atom is -0.496 e. The Labute approximate surface area is 173 Å². The number of aryl methyl sites for hydroxylation is 2. The highest BCUT2D eigenvalue weighted by atomic mass is 16.5. The van der Waals surface area contributed by atoms with Crippen LogP contribution in [0.3, 0.4) is 0 Å². The zero-order valence-corrected chi connectivity index (χ0v) is 17.3. The van der Waals surface area contributed by atoms with Crippen LogP contribution in [0.1, 0.15) is 23.0 Å². The Hall–Kier alpha value is -3.75. The second kappa shape index (κ2) is 9.17. The van der Waals surface area contributed by atoms with Crippen LogP contribution in [0, 0.1) is 13.8 Å². The number of carbonyl (C=O) groups is 1. The minimum atomic E-state index is -0.582. The minimum absolute atomic E-state index is 0.158. The number of carbonyl (C=O) groups excluding carboxylic acids is 1. The number of methoxy groups -OCH3 is 3. The third-order valence-electron chi connectivity index (χ3n) is 4.21. The van der Waals surface area contributed by atoms with E-state index in [2.05, 4.69) is 10.2 Å². The maximum atomic E-state index is 12.1. The fourth-order valence-electron chi connectivity index (χ4n) is 2.79. The van der Waals surface area contributed by atoms with Crippen molar-refractivity contribution >= 4 is 12.0 Å². The van der Waals surface area contributed by atoms with Gasteiger partial charge in [-0.2, -0.15) is 0 Å². The molecule has 0 N–H and O–H groups in total. The molecule has 0 aliphatic rings. The number of furan rings is 1. The van der Waals surface area contributed by atoms with E-state index in [0.29, 0.717) is 40.0 Å². The first kappa shape index (κ1) is 21.0. The molecule has 1 aromatic carbocycles. The summed E-state index contributed by atoms with van der Waals surface area (Å²) in [5.41, 5.74) is 1.33. The predicted molar refractivity (Wildman–Crippen MR) is 106 cm³/mol. The molecule has 0 unspecified atom stereocenters. The van der Waals surface area contributed by atoms with E-state index in [1.54, 1.807) is 31.2 Å². The monoisotopic (exact) mass is 414 g/mol. The molecule has 30 heavy (non-hydrogen) atoms. The summed E-state index contributed by atoms with van der Waals surface area (Å²) in [4.78, 5) is 12.1. The Morgan fingerprint density at radius 1 is 0.967 bits per heavy atom. The average Bonchev–Trinajstić information content (AvgIpc) is 3.35. The van der Waals surface area contributed by atoms with Gasteiger partial charge >= 0.3 is 5.97 Å². The Bertz CT molecular complexity index is 1070. The first-order valence-electron chi connectivity index (χ1n) is 8.99. The Balaban J connectivity index is 1.65. The molecule has 0 radical (unpaired) electrons. The van der Waals surface area contributed by atoms with Crippen molar-refractivity contribution in [3.8, 4) is 28.7 Å². The number of hydrogen-bond donors (Lipinski definition) is 0. The van der Waals surface area contributed by atoms with Crippen LogP contribution in [0.25, 0.3) is 17.5 Å². The molecule has 9 nitrogen and oxygen atoms in total. The van der Waals surface area contributed by atoms with E-state index in [0.717, 1.165) is 5.76 Å². The van der Waals surface area contributed by atoms with Crippen molar-refractivity contribution in [3.63, 3.8) is 0 Å². The normalized spacial score (nSPS) is 11.0.